The maximum atomic E-state index is 5.48. The number of hydrogen-bond acceptors (Lipinski definition) is 1. The van der Waals surface area contributed by atoms with E-state index >= 15 is 0 Å². The quantitative estimate of drug-likeness (QED) is 0.784. The minimum Gasteiger partial charge on any atom is -0.331 e. The van der Waals surface area contributed by atoms with E-state index in [9.17, 15) is 0 Å². The van der Waals surface area contributed by atoms with E-state index in [1.165, 1.54) is 31.2 Å². The highest BCUT2D eigenvalue weighted by Crippen LogP contribution is 2.45. The molecular formula is C14H17BrN2S. The fourth-order valence-electron chi connectivity index (χ4n) is 2.92. The molecule has 0 spiro atoms. The van der Waals surface area contributed by atoms with Crippen molar-refractivity contribution in [2.75, 3.05) is 0 Å². The summed E-state index contributed by atoms with van der Waals surface area (Å²) in [6.07, 6.45) is 5.29. The second kappa shape index (κ2) is 4.49. The molecule has 0 radical (unpaired) electrons. The van der Waals surface area contributed by atoms with E-state index in [1.807, 2.05) is 0 Å². The minimum atomic E-state index is 0.482. The van der Waals surface area contributed by atoms with Crippen LogP contribution in [-0.4, -0.2) is 9.55 Å². The lowest BCUT2D eigenvalue weighted by atomic mass is 9.67. The number of aromatic amines is 1. The van der Waals surface area contributed by atoms with Gasteiger partial charge in [-0.2, -0.15) is 0 Å². The first-order valence-electron chi connectivity index (χ1n) is 6.52. The highest BCUT2D eigenvalue weighted by Gasteiger charge is 2.35. The van der Waals surface area contributed by atoms with Crippen molar-refractivity contribution >= 4 is 39.2 Å². The maximum Gasteiger partial charge on any atom is 0.178 e. The molecule has 18 heavy (non-hydrogen) atoms. The minimum absolute atomic E-state index is 0.482. The zero-order valence-electron chi connectivity index (χ0n) is 10.5. The molecule has 96 valence electrons. The van der Waals surface area contributed by atoms with Crippen molar-refractivity contribution in [3.63, 3.8) is 0 Å². The molecule has 1 aliphatic rings. The lowest BCUT2D eigenvalue weighted by Gasteiger charge is -2.41. The summed E-state index contributed by atoms with van der Waals surface area (Å²) in [6, 6.07) is 6.30. The second-order valence-electron chi connectivity index (χ2n) is 5.38. The Bertz CT molecular complexity index is 631. The van der Waals surface area contributed by atoms with Crippen LogP contribution in [0.15, 0.2) is 22.7 Å². The van der Waals surface area contributed by atoms with Gasteiger partial charge in [0.2, 0.25) is 0 Å². The van der Waals surface area contributed by atoms with Crippen LogP contribution in [0.4, 0.5) is 0 Å². The number of hydrogen-bond donors (Lipinski definition) is 1. The number of halogens is 1. The number of benzene rings is 1. The molecule has 0 bridgehead atoms. The van der Waals surface area contributed by atoms with Crippen LogP contribution in [0.25, 0.3) is 11.0 Å². The normalized spacial score (nSPS) is 17.9. The van der Waals surface area contributed by atoms with Gasteiger partial charge in [-0.25, -0.2) is 0 Å². The third-order valence-corrected chi connectivity index (χ3v) is 5.21. The van der Waals surface area contributed by atoms with Gasteiger partial charge < -0.3 is 9.55 Å². The highest BCUT2D eigenvalue weighted by molar-refractivity contribution is 9.10. The third-order valence-electron chi connectivity index (χ3n) is 4.40. The summed E-state index contributed by atoms with van der Waals surface area (Å²) in [5.74, 6) is 0. The van der Waals surface area contributed by atoms with E-state index in [4.69, 9.17) is 12.2 Å². The van der Waals surface area contributed by atoms with Crippen LogP contribution in [0.3, 0.4) is 0 Å². The van der Waals surface area contributed by atoms with Crippen molar-refractivity contribution in [1.82, 2.24) is 9.55 Å². The molecule has 3 rings (SSSR count). The molecule has 4 heteroatoms. The van der Waals surface area contributed by atoms with Crippen LogP contribution < -0.4 is 0 Å². The summed E-state index contributed by atoms with van der Waals surface area (Å²) in [4.78, 5) is 3.31. The van der Waals surface area contributed by atoms with Crippen LogP contribution in [0.1, 0.15) is 32.6 Å². The summed E-state index contributed by atoms with van der Waals surface area (Å²) in [7, 11) is 0. The first kappa shape index (κ1) is 12.4. The van der Waals surface area contributed by atoms with Gasteiger partial charge in [0.25, 0.3) is 0 Å². The summed E-state index contributed by atoms with van der Waals surface area (Å²) < 4.78 is 4.23. The number of aromatic nitrogens is 2. The number of rotatable bonds is 3. The molecule has 1 saturated carbocycles. The molecule has 1 heterocycles. The van der Waals surface area contributed by atoms with Gasteiger partial charge in [-0.05, 0) is 55.1 Å². The molecule has 1 N–H and O–H groups in total. The van der Waals surface area contributed by atoms with Gasteiger partial charge in [0.15, 0.2) is 4.77 Å². The molecule has 0 aliphatic heterocycles. The average Bonchev–Trinajstić information content (AvgIpc) is 2.60. The van der Waals surface area contributed by atoms with Crippen LogP contribution >= 0.6 is 28.1 Å². The Balaban J connectivity index is 2.08. The zero-order chi connectivity index (χ0) is 12.8. The lowest BCUT2D eigenvalue weighted by molar-refractivity contribution is 0.101. The average molecular weight is 325 g/mol. The van der Waals surface area contributed by atoms with Gasteiger partial charge >= 0.3 is 0 Å². The van der Waals surface area contributed by atoms with Gasteiger partial charge in [-0.3, -0.25) is 0 Å². The first-order valence-corrected chi connectivity index (χ1v) is 7.72. The van der Waals surface area contributed by atoms with E-state index in [2.05, 4.69) is 50.6 Å². The first-order chi connectivity index (χ1) is 8.63. The number of H-pyrrole nitrogens is 1. The van der Waals surface area contributed by atoms with Gasteiger partial charge in [-0.1, -0.05) is 29.3 Å². The smallest absolute Gasteiger partial charge is 0.178 e. The van der Waals surface area contributed by atoms with Crippen molar-refractivity contribution in [1.29, 1.82) is 0 Å². The van der Waals surface area contributed by atoms with Crippen molar-refractivity contribution < 1.29 is 0 Å². The van der Waals surface area contributed by atoms with Crippen LogP contribution in [0, 0.1) is 10.2 Å². The Kier molecular flexibility index (Phi) is 3.10. The van der Waals surface area contributed by atoms with E-state index in [0.29, 0.717) is 5.41 Å². The van der Waals surface area contributed by atoms with E-state index in [0.717, 1.165) is 21.3 Å². The molecule has 1 fully saturated rings. The number of imidazole rings is 1. The van der Waals surface area contributed by atoms with Crippen LogP contribution in [-0.2, 0) is 6.54 Å². The van der Waals surface area contributed by atoms with Crippen molar-refractivity contribution in [2.45, 2.75) is 39.2 Å². The fourth-order valence-corrected chi connectivity index (χ4v) is 3.54. The maximum absolute atomic E-state index is 5.48. The molecule has 1 aromatic carbocycles. The predicted molar refractivity (Wildman–Crippen MR) is 81.4 cm³/mol. The Labute approximate surface area is 121 Å². The molecular weight excluding hydrogens is 308 g/mol. The van der Waals surface area contributed by atoms with Crippen LogP contribution in [0.5, 0.6) is 0 Å². The molecule has 0 amide bonds. The SMILES string of the molecule is CCC1(Cn2c(=S)[nH]c3ccc(Br)cc32)CCC1. The van der Waals surface area contributed by atoms with Gasteiger partial charge in [0, 0.05) is 11.0 Å². The van der Waals surface area contributed by atoms with Crippen molar-refractivity contribution in [2.24, 2.45) is 5.41 Å². The van der Waals surface area contributed by atoms with E-state index < -0.39 is 0 Å². The monoisotopic (exact) mass is 324 g/mol. The van der Waals surface area contributed by atoms with E-state index in [1.54, 1.807) is 0 Å². The fraction of sp³-hybridized carbons (Fsp3) is 0.500. The van der Waals surface area contributed by atoms with E-state index in [-0.39, 0.29) is 0 Å². The summed E-state index contributed by atoms with van der Waals surface area (Å²) in [5.41, 5.74) is 2.83. The molecule has 2 nitrogen and oxygen atoms in total. The topological polar surface area (TPSA) is 20.7 Å². The molecule has 0 atom stereocenters. The molecule has 1 aromatic heterocycles. The Morgan fingerprint density at radius 1 is 1.44 bits per heavy atom. The summed E-state index contributed by atoms with van der Waals surface area (Å²) >= 11 is 9.02. The third kappa shape index (κ3) is 1.95. The Hall–Kier alpha value is -0.610. The zero-order valence-corrected chi connectivity index (χ0v) is 12.9. The van der Waals surface area contributed by atoms with Crippen LogP contribution in [0.2, 0.25) is 0 Å². The number of nitrogens with zero attached hydrogens (tertiary/aromatic N) is 1. The highest BCUT2D eigenvalue weighted by atomic mass is 79.9. The standard InChI is InChI=1S/C14H17BrN2S/c1-2-14(6-3-7-14)9-17-12-8-10(15)4-5-11(12)16-13(17)18/h4-5,8H,2-3,6-7,9H2,1H3,(H,16,18). The Morgan fingerprint density at radius 2 is 2.22 bits per heavy atom. The second-order valence-corrected chi connectivity index (χ2v) is 6.69. The van der Waals surface area contributed by atoms with Gasteiger partial charge in [0.1, 0.15) is 0 Å². The largest absolute Gasteiger partial charge is 0.331 e. The number of nitrogens with one attached hydrogen (secondary N) is 1. The summed E-state index contributed by atoms with van der Waals surface area (Å²) in [6.45, 7) is 3.35. The summed E-state index contributed by atoms with van der Waals surface area (Å²) in [5, 5.41) is 0. The Morgan fingerprint density at radius 3 is 2.83 bits per heavy atom. The number of fused-ring (bicyclic) bond motifs is 1. The van der Waals surface area contributed by atoms with Gasteiger partial charge in [-0.15, -0.1) is 0 Å². The van der Waals surface area contributed by atoms with Crippen molar-refractivity contribution in [3.05, 3.63) is 27.4 Å². The predicted octanol–water partition coefficient (Wildman–Crippen LogP) is 5.04. The molecule has 0 saturated heterocycles. The molecule has 1 aliphatic carbocycles. The molecule has 2 aromatic rings. The lowest BCUT2D eigenvalue weighted by Crippen LogP contribution is -2.33. The molecule has 0 unspecified atom stereocenters. The van der Waals surface area contributed by atoms with Gasteiger partial charge in [0.05, 0.1) is 11.0 Å². The van der Waals surface area contributed by atoms with Crippen molar-refractivity contribution in [3.8, 4) is 0 Å².